The highest BCUT2D eigenvalue weighted by Gasteiger charge is 2.39. The van der Waals surface area contributed by atoms with Crippen molar-refractivity contribution in [2.45, 2.75) is 63.5 Å². The first-order chi connectivity index (χ1) is 7.68. The molecule has 2 fully saturated rings. The molecule has 0 aromatic rings. The molecule has 2 aliphatic rings. The molecule has 2 rings (SSSR count). The van der Waals surface area contributed by atoms with Gasteiger partial charge in [0.25, 0.3) is 0 Å². The molecule has 2 atom stereocenters. The highest BCUT2D eigenvalue weighted by Crippen LogP contribution is 2.36. The first-order valence-electron chi connectivity index (χ1n) is 7.09. The topological polar surface area (TPSA) is 15.3 Å². The van der Waals surface area contributed by atoms with Crippen molar-refractivity contribution in [2.24, 2.45) is 5.92 Å². The van der Waals surface area contributed by atoms with E-state index in [0.29, 0.717) is 5.54 Å². The highest BCUT2D eigenvalue weighted by atomic mass is 15.2. The van der Waals surface area contributed by atoms with Crippen molar-refractivity contribution in [1.29, 1.82) is 0 Å². The number of likely N-dealkylation sites (N-methyl/N-ethyl adjacent to an activating group) is 1. The standard InChI is InChI=1S/C14H28N2/c1-4-12-7-5-8-13(12)15-11-14(16(2)3)9-6-10-14/h12-13,15H,4-11H2,1-3H3. The van der Waals surface area contributed by atoms with Crippen molar-refractivity contribution < 1.29 is 0 Å². The van der Waals surface area contributed by atoms with Crippen molar-refractivity contribution in [3.05, 3.63) is 0 Å². The molecule has 0 heterocycles. The summed E-state index contributed by atoms with van der Waals surface area (Å²) in [5.74, 6) is 0.944. The van der Waals surface area contributed by atoms with Crippen LogP contribution in [0.15, 0.2) is 0 Å². The normalized spacial score (nSPS) is 33.0. The molecule has 0 aliphatic heterocycles. The van der Waals surface area contributed by atoms with Crippen molar-refractivity contribution >= 4 is 0 Å². The largest absolute Gasteiger partial charge is 0.312 e. The monoisotopic (exact) mass is 224 g/mol. The van der Waals surface area contributed by atoms with Gasteiger partial charge in [0.15, 0.2) is 0 Å². The Morgan fingerprint density at radius 3 is 2.44 bits per heavy atom. The number of rotatable bonds is 5. The third-order valence-corrected chi connectivity index (χ3v) is 5.11. The van der Waals surface area contributed by atoms with Gasteiger partial charge in [-0.15, -0.1) is 0 Å². The van der Waals surface area contributed by atoms with Crippen LogP contribution < -0.4 is 5.32 Å². The fraction of sp³-hybridized carbons (Fsp3) is 1.00. The Labute approximate surface area is 101 Å². The molecule has 2 saturated carbocycles. The van der Waals surface area contributed by atoms with Crippen LogP contribution in [0.3, 0.4) is 0 Å². The van der Waals surface area contributed by atoms with Gasteiger partial charge in [0, 0.05) is 18.1 Å². The van der Waals surface area contributed by atoms with Crippen LogP contribution in [0.25, 0.3) is 0 Å². The molecule has 1 N–H and O–H groups in total. The van der Waals surface area contributed by atoms with Gasteiger partial charge in [-0.1, -0.05) is 19.8 Å². The predicted octanol–water partition coefficient (Wildman–Crippen LogP) is 2.64. The zero-order valence-corrected chi connectivity index (χ0v) is 11.3. The number of nitrogens with zero attached hydrogens (tertiary/aromatic N) is 1. The minimum absolute atomic E-state index is 0.487. The molecule has 0 radical (unpaired) electrons. The number of hydrogen-bond acceptors (Lipinski definition) is 2. The van der Waals surface area contributed by atoms with Crippen LogP contribution in [0, 0.1) is 5.92 Å². The maximum atomic E-state index is 3.87. The Bertz CT molecular complexity index is 221. The first kappa shape index (κ1) is 12.4. The molecule has 0 saturated heterocycles. The summed E-state index contributed by atoms with van der Waals surface area (Å²) in [5.41, 5.74) is 0.487. The van der Waals surface area contributed by atoms with Crippen molar-refractivity contribution in [2.75, 3.05) is 20.6 Å². The zero-order chi connectivity index (χ0) is 11.6. The average molecular weight is 224 g/mol. The second-order valence-corrected chi connectivity index (χ2v) is 6.06. The molecule has 0 spiro atoms. The van der Waals surface area contributed by atoms with Gasteiger partial charge in [-0.25, -0.2) is 0 Å². The van der Waals surface area contributed by atoms with Crippen LogP contribution in [-0.4, -0.2) is 37.1 Å². The average Bonchev–Trinajstić information content (AvgIpc) is 2.63. The highest BCUT2D eigenvalue weighted by molar-refractivity contribution is 4.99. The number of nitrogens with one attached hydrogen (secondary N) is 1. The van der Waals surface area contributed by atoms with Crippen LogP contribution in [-0.2, 0) is 0 Å². The van der Waals surface area contributed by atoms with E-state index < -0.39 is 0 Å². The minimum atomic E-state index is 0.487. The van der Waals surface area contributed by atoms with E-state index in [0.717, 1.165) is 12.0 Å². The third kappa shape index (κ3) is 2.28. The van der Waals surface area contributed by atoms with Gasteiger partial charge in [-0.2, -0.15) is 0 Å². The maximum Gasteiger partial charge on any atom is 0.0328 e. The van der Waals surface area contributed by atoms with Gasteiger partial charge >= 0.3 is 0 Å². The van der Waals surface area contributed by atoms with Gasteiger partial charge in [-0.3, -0.25) is 0 Å². The van der Waals surface area contributed by atoms with E-state index in [9.17, 15) is 0 Å². The van der Waals surface area contributed by atoms with E-state index in [1.807, 2.05) is 0 Å². The van der Waals surface area contributed by atoms with E-state index >= 15 is 0 Å². The van der Waals surface area contributed by atoms with Crippen LogP contribution >= 0.6 is 0 Å². The van der Waals surface area contributed by atoms with Gasteiger partial charge in [0.2, 0.25) is 0 Å². The van der Waals surface area contributed by atoms with Gasteiger partial charge in [0.1, 0.15) is 0 Å². The Balaban J connectivity index is 1.82. The lowest BCUT2D eigenvalue weighted by molar-refractivity contribution is 0.0555. The predicted molar refractivity (Wildman–Crippen MR) is 69.7 cm³/mol. The zero-order valence-electron chi connectivity index (χ0n) is 11.3. The lowest BCUT2D eigenvalue weighted by atomic mass is 9.75. The van der Waals surface area contributed by atoms with E-state index in [4.69, 9.17) is 0 Å². The fourth-order valence-corrected chi connectivity index (χ4v) is 3.48. The molecule has 2 aliphatic carbocycles. The summed E-state index contributed by atoms with van der Waals surface area (Å²) < 4.78 is 0. The van der Waals surface area contributed by atoms with Gasteiger partial charge in [0.05, 0.1) is 0 Å². The van der Waals surface area contributed by atoms with Crippen molar-refractivity contribution in [3.8, 4) is 0 Å². The smallest absolute Gasteiger partial charge is 0.0328 e. The maximum absolute atomic E-state index is 3.87. The van der Waals surface area contributed by atoms with Gasteiger partial charge in [-0.05, 0) is 52.1 Å². The third-order valence-electron chi connectivity index (χ3n) is 5.11. The quantitative estimate of drug-likeness (QED) is 0.772. The molecule has 0 aromatic heterocycles. The van der Waals surface area contributed by atoms with Crippen LogP contribution in [0.2, 0.25) is 0 Å². The van der Waals surface area contributed by atoms with E-state index in [2.05, 4.69) is 31.2 Å². The van der Waals surface area contributed by atoms with E-state index in [-0.39, 0.29) is 0 Å². The first-order valence-corrected chi connectivity index (χ1v) is 7.09. The summed E-state index contributed by atoms with van der Waals surface area (Å²) in [6.07, 6.45) is 9.83. The molecule has 2 nitrogen and oxygen atoms in total. The van der Waals surface area contributed by atoms with Crippen LogP contribution in [0.1, 0.15) is 51.9 Å². The number of hydrogen-bond donors (Lipinski definition) is 1. The van der Waals surface area contributed by atoms with E-state index in [1.165, 1.54) is 51.5 Å². The molecule has 0 aromatic carbocycles. The molecular weight excluding hydrogens is 196 g/mol. The fourth-order valence-electron chi connectivity index (χ4n) is 3.48. The van der Waals surface area contributed by atoms with Crippen LogP contribution in [0.4, 0.5) is 0 Å². The Kier molecular flexibility index (Phi) is 3.91. The summed E-state index contributed by atoms with van der Waals surface area (Å²) >= 11 is 0. The Morgan fingerprint density at radius 2 is 1.94 bits per heavy atom. The summed E-state index contributed by atoms with van der Waals surface area (Å²) in [6.45, 7) is 3.55. The Hall–Kier alpha value is -0.0800. The second kappa shape index (κ2) is 5.05. The molecule has 16 heavy (non-hydrogen) atoms. The summed E-state index contributed by atoms with van der Waals surface area (Å²) in [4.78, 5) is 2.44. The lowest BCUT2D eigenvalue weighted by Crippen LogP contribution is -2.58. The minimum Gasteiger partial charge on any atom is -0.312 e. The molecule has 94 valence electrons. The molecule has 2 heteroatoms. The summed E-state index contributed by atoms with van der Waals surface area (Å²) in [5, 5.41) is 3.87. The Morgan fingerprint density at radius 1 is 1.19 bits per heavy atom. The van der Waals surface area contributed by atoms with Gasteiger partial charge < -0.3 is 10.2 Å². The SMILES string of the molecule is CCC1CCCC1NCC1(N(C)C)CCC1. The van der Waals surface area contributed by atoms with Crippen molar-refractivity contribution in [1.82, 2.24) is 10.2 Å². The molecule has 2 unspecified atom stereocenters. The van der Waals surface area contributed by atoms with Crippen LogP contribution in [0.5, 0.6) is 0 Å². The molecule has 0 bridgehead atoms. The molecule has 0 amide bonds. The van der Waals surface area contributed by atoms with Crippen molar-refractivity contribution in [3.63, 3.8) is 0 Å². The summed E-state index contributed by atoms with van der Waals surface area (Å²) in [7, 11) is 4.49. The lowest BCUT2D eigenvalue weighted by Gasteiger charge is -2.48. The summed E-state index contributed by atoms with van der Waals surface area (Å²) in [6, 6.07) is 0.808. The molecular formula is C14H28N2. The second-order valence-electron chi connectivity index (χ2n) is 6.06. The van der Waals surface area contributed by atoms with E-state index in [1.54, 1.807) is 0 Å².